The van der Waals surface area contributed by atoms with Crippen molar-refractivity contribution in [2.45, 2.75) is 31.6 Å². The number of carbonyl (C=O) groups excluding carboxylic acids is 2. The van der Waals surface area contributed by atoms with Gasteiger partial charge >= 0.3 is 0 Å². The minimum Gasteiger partial charge on any atom is -0.347 e. The monoisotopic (exact) mass is 355 g/mol. The lowest BCUT2D eigenvalue weighted by molar-refractivity contribution is -0.130. The zero-order valence-electron chi connectivity index (χ0n) is 14.5. The van der Waals surface area contributed by atoms with Gasteiger partial charge in [0.05, 0.1) is 11.4 Å². The summed E-state index contributed by atoms with van der Waals surface area (Å²) in [6, 6.07) is 4.95. The Hall–Kier alpha value is -1.93. The van der Waals surface area contributed by atoms with Crippen molar-refractivity contribution < 1.29 is 18.0 Å². The van der Waals surface area contributed by atoms with Gasteiger partial charge in [0.2, 0.25) is 21.8 Å². The first-order valence-corrected chi connectivity index (χ1v) is 9.15. The molecule has 7 nitrogen and oxygen atoms in total. The van der Waals surface area contributed by atoms with Gasteiger partial charge in [-0.3, -0.25) is 9.59 Å². The van der Waals surface area contributed by atoms with Crippen molar-refractivity contribution in [1.82, 2.24) is 14.9 Å². The van der Waals surface area contributed by atoms with Crippen LogP contribution in [0.15, 0.2) is 23.1 Å². The van der Waals surface area contributed by atoms with Crippen LogP contribution in [0.5, 0.6) is 0 Å². The minimum atomic E-state index is -3.58. The lowest BCUT2D eigenvalue weighted by atomic mass is 10.1. The standard InChI is InChI=1S/C16H25N3O4S/c1-12-7-8-14(10-13(12)2)24(22,23)18-9-5-6-15(20)17-11-16(21)19(3)4/h7-8,10,18H,5-6,9,11H2,1-4H3,(H,17,20). The van der Waals surface area contributed by atoms with Gasteiger partial charge < -0.3 is 10.2 Å². The Morgan fingerprint density at radius 3 is 2.38 bits per heavy atom. The highest BCUT2D eigenvalue weighted by Crippen LogP contribution is 2.14. The summed E-state index contributed by atoms with van der Waals surface area (Å²) in [6.45, 7) is 3.87. The van der Waals surface area contributed by atoms with Crippen LogP contribution in [0.2, 0.25) is 0 Å². The molecule has 0 aliphatic heterocycles. The molecule has 0 aliphatic rings. The molecule has 2 amide bonds. The molecule has 24 heavy (non-hydrogen) atoms. The first kappa shape index (κ1) is 20.1. The van der Waals surface area contributed by atoms with E-state index in [4.69, 9.17) is 0 Å². The number of carbonyl (C=O) groups is 2. The van der Waals surface area contributed by atoms with Crippen LogP contribution >= 0.6 is 0 Å². The smallest absolute Gasteiger partial charge is 0.241 e. The SMILES string of the molecule is Cc1ccc(S(=O)(=O)NCCCC(=O)NCC(=O)N(C)C)cc1C. The van der Waals surface area contributed by atoms with Crippen LogP contribution in [0.25, 0.3) is 0 Å². The van der Waals surface area contributed by atoms with E-state index in [1.165, 1.54) is 4.90 Å². The van der Waals surface area contributed by atoms with Gasteiger partial charge in [0, 0.05) is 27.1 Å². The molecule has 0 unspecified atom stereocenters. The summed E-state index contributed by atoms with van der Waals surface area (Å²) < 4.78 is 26.8. The summed E-state index contributed by atoms with van der Waals surface area (Å²) in [5, 5.41) is 2.50. The van der Waals surface area contributed by atoms with E-state index in [1.807, 2.05) is 13.8 Å². The van der Waals surface area contributed by atoms with Gasteiger partial charge in [0.1, 0.15) is 0 Å². The Morgan fingerprint density at radius 1 is 1.12 bits per heavy atom. The minimum absolute atomic E-state index is 0.0554. The second kappa shape index (κ2) is 8.79. The fourth-order valence-corrected chi connectivity index (χ4v) is 3.00. The van der Waals surface area contributed by atoms with E-state index in [1.54, 1.807) is 32.3 Å². The molecule has 0 fully saturated rings. The van der Waals surface area contributed by atoms with E-state index in [2.05, 4.69) is 10.0 Å². The largest absolute Gasteiger partial charge is 0.347 e. The molecule has 1 aromatic rings. The van der Waals surface area contributed by atoms with Crippen LogP contribution in [-0.4, -0.2) is 52.3 Å². The number of benzene rings is 1. The Bertz CT molecular complexity index is 699. The second-order valence-electron chi connectivity index (χ2n) is 5.81. The van der Waals surface area contributed by atoms with Crippen LogP contribution < -0.4 is 10.0 Å². The molecule has 0 saturated heterocycles. The highest BCUT2D eigenvalue weighted by molar-refractivity contribution is 7.89. The Morgan fingerprint density at radius 2 is 1.79 bits per heavy atom. The summed E-state index contributed by atoms with van der Waals surface area (Å²) in [6.07, 6.45) is 0.502. The molecule has 134 valence electrons. The van der Waals surface area contributed by atoms with Crippen LogP contribution in [0.4, 0.5) is 0 Å². The van der Waals surface area contributed by atoms with E-state index in [0.717, 1.165) is 11.1 Å². The van der Waals surface area contributed by atoms with Crippen LogP contribution in [0.1, 0.15) is 24.0 Å². The predicted octanol–water partition coefficient (Wildman–Crippen LogP) is 0.566. The highest BCUT2D eigenvalue weighted by atomic mass is 32.2. The lowest BCUT2D eigenvalue weighted by Crippen LogP contribution is -2.36. The van der Waals surface area contributed by atoms with Gasteiger partial charge in [-0.2, -0.15) is 0 Å². The van der Waals surface area contributed by atoms with E-state index in [0.29, 0.717) is 6.42 Å². The number of hydrogen-bond acceptors (Lipinski definition) is 4. The van der Waals surface area contributed by atoms with Crippen molar-refractivity contribution in [1.29, 1.82) is 0 Å². The summed E-state index contributed by atoms with van der Waals surface area (Å²) in [7, 11) is -0.363. The molecular formula is C16H25N3O4S. The summed E-state index contributed by atoms with van der Waals surface area (Å²) in [5.74, 6) is -0.477. The number of nitrogens with one attached hydrogen (secondary N) is 2. The van der Waals surface area contributed by atoms with Crippen molar-refractivity contribution in [2.75, 3.05) is 27.2 Å². The Kier molecular flexibility index (Phi) is 7.37. The van der Waals surface area contributed by atoms with Crippen molar-refractivity contribution in [3.63, 3.8) is 0 Å². The first-order chi connectivity index (χ1) is 11.1. The molecule has 1 rings (SSSR count). The molecule has 0 spiro atoms. The van der Waals surface area contributed by atoms with Crippen LogP contribution in [0.3, 0.4) is 0 Å². The maximum atomic E-state index is 12.2. The topological polar surface area (TPSA) is 95.6 Å². The van der Waals surface area contributed by atoms with Gasteiger partial charge in [-0.25, -0.2) is 13.1 Å². The van der Waals surface area contributed by atoms with Crippen molar-refractivity contribution >= 4 is 21.8 Å². The molecule has 2 N–H and O–H groups in total. The zero-order valence-corrected chi connectivity index (χ0v) is 15.4. The number of likely N-dealkylation sites (N-methyl/N-ethyl adjacent to an activating group) is 1. The number of nitrogens with zero attached hydrogens (tertiary/aromatic N) is 1. The lowest BCUT2D eigenvalue weighted by Gasteiger charge is -2.11. The van der Waals surface area contributed by atoms with Crippen LogP contribution in [0, 0.1) is 13.8 Å². The molecule has 0 radical (unpaired) electrons. The summed E-state index contributed by atoms with van der Waals surface area (Å²) in [4.78, 5) is 24.5. The van der Waals surface area contributed by atoms with Crippen molar-refractivity contribution in [2.24, 2.45) is 0 Å². The third-order valence-corrected chi connectivity index (χ3v) is 5.06. The van der Waals surface area contributed by atoms with Crippen LogP contribution in [-0.2, 0) is 19.6 Å². The van der Waals surface area contributed by atoms with Gasteiger partial charge in [-0.15, -0.1) is 0 Å². The van der Waals surface area contributed by atoms with Gasteiger partial charge in [0.15, 0.2) is 0 Å². The van der Waals surface area contributed by atoms with E-state index in [9.17, 15) is 18.0 Å². The first-order valence-electron chi connectivity index (χ1n) is 7.67. The number of aryl methyl sites for hydroxylation is 2. The normalized spacial score (nSPS) is 11.2. The molecule has 0 bridgehead atoms. The fraction of sp³-hybridized carbons (Fsp3) is 0.500. The van der Waals surface area contributed by atoms with E-state index >= 15 is 0 Å². The zero-order chi connectivity index (χ0) is 18.3. The quantitative estimate of drug-likeness (QED) is 0.666. The second-order valence-corrected chi connectivity index (χ2v) is 7.58. The molecule has 0 atom stereocenters. The van der Waals surface area contributed by atoms with Gasteiger partial charge in [-0.05, 0) is 43.5 Å². The average molecular weight is 355 g/mol. The predicted molar refractivity (Wildman–Crippen MR) is 92.0 cm³/mol. The average Bonchev–Trinajstić information content (AvgIpc) is 2.51. The van der Waals surface area contributed by atoms with E-state index in [-0.39, 0.29) is 36.2 Å². The van der Waals surface area contributed by atoms with Crippen molar-refractivity contribution in [3.8, 4) is 0 Å². The maximum absolute atomic E-state index is 12.2. The van der Waals surface area contributed by atoms with Gasteiger partial charge in [0.25, 0.3) is 0 Å². The fourth-order valence-electron chi connectivity index (χ4n) is 1.84. The number of amides is 2. The highest BCUT2D eigenvalue weighted by Gasteiger charge is 2.14. The number of hydrogen-bond donors (Lipinski definition) is 2. The Balaban J connectivity index is 2.39. The van der Waals surface area contributed by atoms with E-state index < -0.39 is 10.0 Å². The molecule has 0 aliphatic carbocycles. The summed E-state index contributed by atoms with van der Waals surface area (Å²) >= 11 is 0. The third kappa shape index (κ3) is 6.29. The molecule has 0 aromatic heterocycles. The van der Waals surface area contributed by atoms with Gasteiger partial charge in [-0.1, -0.05) is 6.07 Å². The van der Waals surface area contributed by atoms with Crippen molar-refractivity contribution in [3.05, 3.63) is 29.3 Å². The molecule has 0 heterocycles. The Labute approximate surface area is 143 Å². The number of sulfonamides is 1. The summed E-state index contributed by atoms with van der Waals surface area (Å²) in [5.41, 5.74) is 1.93. The molecule has 1 aromatic carbocycles. The molecule has 8 heteroatoms. The number of rotatable bonds is 8. The molecule has 0 saturated carbocycles. The maximum Gasteiger partial charge on any atom is 0.241 e. The third-order valence-electron chi connectivity index (χ3n) is 3.60. The molecular weight excluding hydrogens is 330 g/mol.